The molecule has 0 unspecified atom stereocenters. The lowest BCUT2D eigenvalue weighted by molar-refractivity contribution is 0.102. The number of nitrogens with zero attached hydrogens (tertiary/aromatic N) is 3. The number of hydrogen-bond donors (Lipinski definition) is 1. The van der Waals surface area contributed by atoms with Crippen LogP contribution in [0.1, 0.15) is 16.1 Å². The van der Waals surface area contributed by atoms with Crippen molar-refractivity contribution in [3.63, 3.8) is 0 Å². The third kappa shape index (κ3) is 2.39. The molecule has 22 heavy (non-hydrogen) atoms. The van der Waals surface area contributed by atoms with Gasteiger partial charge in [-0.25, -0.2) is 4.98 Å². The number of pyridine rings is 1. The van der Waals surface area contributed by atoms with Gasteiger partial charge in [-0.1, -0.05) is 12.1 Å². The van der Waals surface area contributed by atoms with E-state index in [1.807, 2.05) is 26.1 Å². The molecule has 6 heteroatoms. The molecule has 2 heterocycles. The van der Waals surface area contributed by atoms with E-state index in [2.05, 4.69) is 15.4 Å². The molecule has 2 aromatic heterocycles. The molecular weight excluding hydrogens is 280 g/mol. The van der Waals surface area contributed by atoms with Crippen molar-refractivity contribution in [2.75, 3.05) is 12.4 Å². The van der Waals surface area contributed by atoms with Gasteiger partial charge in [-0.15, -0.1) is 0 Å². The third-order valence-electron chi connectivity index (χ3n) is 3.47. The number of fused-ring (bicyclic) bond motifs is 1. The van der Waals surface area contributed by atoms with E-state index in [1.54, 1.807) is 36.2 Å². The van der Waals surface area contributed by atoms with Gasteiger partial charge in [-0.3, -0.25) is 9.48 Å². The zero-order valence-corrected chi connectivity index (χ0v) is 12.6. The lowest BCUT2D eigenvalue weighted by Crippen LogP contribution is -2.13. The zero-order valence-electron chi connectivity index (χ0n) is 12.6. The number of para-hydroxylation sites is 1. The van der Waals surface area contributed by atoms with Crippen molar-refractivity contribution in [3.05, 3.63) is 47.8 Å². The van der Waals surface area contributed by atoms with E-state index < -0.39 is 0 Å². The number of methoxy groups -OCH3 is 1. The highest BCUT2D eigenvalue weighted by atomic mass is 16.5. The SMILES string of the molecule is COc1ccccc1C(=O)Nc1cnc2c(c1)c(C)nn2C. The van der Waals surface area contributed by atoms with Gasteiger partial charge in [0.1, 0.15) is 5.75 Å². The van der Waals surface area contributed by atoms with E-state index in [0.29, 0.717) is 17.0 Å². The van der Waals surface area contributed by atoms with Crippen LogP contribution in [-0.2, 0) is 7.05 Å². The number of carbonyl (C=O) groups excluding carboxylic acids is 1. The summed E-state index contributed by atoms with van der Waals surface area (Å²) >= 11 is 0. The summed E-state index contributed by atoms with van der Waals surface area (Å²) in [6.07, 6.45) is 1.62. The number of benzene rings is 1. The first-order valence-corrected chi connectivity index (χ1v) is 6.84. The molecule has 112 valence electrons. The minimum atomic E-state index is -0.236. The van der Waals surface area contributed by atoms with Gasteiger partial charge in [0, 0.05) is 12.4 Å². The van der Waals surface area contributed by atoms with Gasteiger partial charge in [-0.05, 0) is 25.1 Å². The molecule has 0 aliphatic carbocycles. The summed E-state index contributed by atoms with van der Waals surface area (Å²) in [7, 11) is 3.38. The summed E-state index contributed by atoms with van der Waals surface area (Å²) in [4.78, 5) is 16.7. The Morgan fingerprint density at radius 1 is 1.32 bits per heavy atom. The van der Waals surface area contributed by atoms with Crippen molar-refractivity contribution in [3.8, 4) is 5.75 Å². The van der Waals surface area contributed by atoms with Crippen LogP contribution < -0.4 is 10.1 Å². The van der Waals surface area contributed by atoms with Crippen LogP contribution in [0.3, 0.4) is 0 Å². The van der Waals surface area contributed by atoms with Gasteiger partial charge in [0.15, 0.2) is 5.65 Å². The second kappa shape index (κ2) is 5.48. The molecule has 6 nitrogen and oxygen atoms in total. The second-order valence-electron chi connectivity index (χ2n) is 4.96. The van der Waals surface area contributed by atoms with Crippen molar-refractivity contribution in [1.29, 1.82) is 0 Å². The Labute approximate surface area is 127 Å². The monoisotopic (exact) mass is 296 g/mol. The minimum absolute atomic E-state index is 0.236. The summed E-state index contributed by atoms with van der Waals surface area (Å²) in [6, 6.07) is 8.96. The Bertz CT molecular complexity index is 854. The summed E-state index contributed by atoms with van der Waals surface area (Å²) in [5.41, 5.74) is 2.76. The van der Waals surface area contributed by atoms with E-state index in [4.69, 9.17) is 4.74 Å². The molecule has 1 N–H and O–H groups in total. The molecule has 0 fully saturated rings. The fourth-order valence-corrected chi connectivity index (χ4v) is 2.41. The van der Waals surface area contributed by atoms with Gasteiger partial charge in [-0.2, -0.15) is 5.10 Å². The third-order valence-corrected chi connectivity index (χ3v) is 3.47. The van der Waals surface area contributed by atoms with Crippen LogP contribution in [0.5, 0.6) is 5.75 Å². The van der Waals surface area contributed by atoms with Crippen LogP contribution in [0.15, 0.2) is 36.5 Å². The molecule has 1 amide bonds. The van der Waals surface area contributed by atoms with E-state index >= 15 is 0 Å². The number of amides is 1. The number of hydrogen-bond acceptors (Lipinski definition) is 4. The second-order valence-corrected chi connectivity index (χ2v) is 4.96. The lowest BCUT2D eigenvalue weighted by atomic mass is 10.2. The standard InChI is InChI=1S/C16H16N4O2/c1-10-13-8-11(9-17-15(13)20(2)19-10)18-16(21)12-6-4-5-7-14(12)22-3/h4-9H,1-3H3,(H,18,21). The summed E-state index contributed by atoms with van der Waals surface area (Å²) < 4.78 is 6.93. The van der Waals surface area contributed by atoms with Gasteiger partial charge in [0.25, 0.3) is 5.91 Å². The molecule has 1 aromatic carbocycles. The molecule has 0 aliphatic rings. The first kappa shape index (κ1) is 14.1. The number of aryl methyl sites for hydroxylation is 2. The van der Waals surface area contributed by atoms with Crippen molar-refractivity contribution in [2.24, 2.45) is 7.05 Å². The first-order valence-electron chi connectivity index (χ1n) is 6.84. The maximum Gasteiger partial charge on any atom is 0.259 e. The van der Waals surface area contributed by atoms with Crippen LogP contribution in [-0.4, -0.2) is 27.8 Å². The van der Waals surface area contributed by atoms with Gasteiger partial charge in [0.05, 0.1) is 30.3 Å². The highest BCUT2D eigenvalue weighted by Gasteiger charge is 2.13. The van der Waals surface area contributed by atoms with Crippen molar-refractivity contribution in [2.45, 2.75) is 6.92 Å². The molecule has 0 radical (unpaired) electrons. The molecule has 3 rings (SSSR count). The zero-order chi connectivity index (χ0) is 15.7. The Kier molecular flexibility index (Phi) is 3.50. The molecule has 0 saturated carbocycles. The predicted molar refractivity (Wildman–Crippen MR) is 84.2 cm³/mol. The smallest absolute Gasteiger partial charge is 0.259 e. The molecule has 0 saturated heterocycles. The van der Waals surface area contributed by atoms with Crippen LogP contribution in [0.2, 0.25) is 0 Å². The Balaban J connectivity index is 1.92. The number of rotatable bonds is 3. The van der Waals surface area contributed by atoms with Crippen molar-refractivity contribution in [1.82, 2.24) is 14.8 Å². The number of aromatic nitrogens is 3. The fraction of sp³-hybridized carbons (Fsp3) is 0.188. The van der Waals surface area contributed by atoms with E-state index in [9.17, 15) is 4.79 Å². The molecule has 0 aliphatic heterocycles. The molecule has 0 spiro atoms. The van der Waals surface area contributed by atoms with E-state index in [0.717, 1.165) is 16.7 Å². The number of ether oxygens (including phenoxy) is 1. The maximum atomic E-state index is 12.4. The van der Waals surface area contributed by atoms with Crippen molar-refractivity contribution >= 4 is 22.6 Å². The Morgan fingerprint density at radius 3 is 2.86 bits per heavy atom. The lowest BCUT2D eigenvalue weighted by Gasteiger charge is -2.09. The summed E-state index contributed by atoms with van der Waals surface area (Å²) in [6.45, 7) is 1.91. The normalized spacial score (nSPS) is 10.7. The highest BCUT2D eigenvalue weighted by molar-refractivity contribution is 6.06. The minimum Gasteiger partial charge on any atom is -0.496 e. The summed E-state index contributed by atoms with van der Waals surface area (Å²) in [5, 5.41) is 8.08. The van der Waals surface area contributed by atoms with Gasteiger partial charge < -0.3 is 10.1 Å². The largest absolute Gasteiger partial charge is 0.496 e. The number of carbonyl (C=O) groups is 1. The van der Waals surface area contributed by atoms with Crippen molar-refractivity contribution < 1.29 is 9.53 Å². The summed E-state index contributed by atoms with van der Waals surface area (Å²) in [5.74, 6) is 0.298. The van der Waals surface area contributed by atoms with Crippen LogP contribution in [0.25, 0.3) is 11.0 Å². The van der Waals surface area contributed by atoms with E-state index in [-0.39, 0.29) is 5.91 Å². The topological polar surface area (TPSA) is 69.0 Å². The van der Waals surface area contributed by atoms with Gasteiger partial charge in [0.2, 0.25) is 0 Å². The highest BCUT2D eigenvalue weighted by Crippen LogP contribution is 2.22. The van der Waals surface area contributed by atoms with E-state index in [1.165, 1.54) is 0 Å². The Hall–Kier alpha value is -2.89. The molecule has 0 bridgehead atoms. The first-order chi connectivity index (χ1) is 10.6. The van der Waals surface area contributed by atoms with Crippen LogP contribution in [0, 0.1) is 6.92 Å². The van der Waals surface area contributed by atoms with Gasteiger partial charge >= 0.3 is 0 Å². The molecule has 3 aromatic rings. The molecular formula is C16H16N4O2. The maximum absolute atomic E-state index is 12.4. The fourth-order valence-electron chi connectivity index (χ4n) is 2.41. The number of anilines is 1. The predicted octanol–water partition coefficient (Wildman–Crippen LogP) is 2.54. The number of nitrogens with one attached hydrogen (secondary N) is 1. The average molecular weight is 296 g/mol. The van der Waals surface area contributed by atoms with Crippen LogP contribution >= 0.6 is 0 Å². The van der Waals surface area contributed by atoms with Crippen LogP contribution in [0.4, 0.5) is 5.69 Å². The molecule has 0 atom stereocenters. The average Bonchev–Trinajstić information content (AvgIpc) is 2.81. The Morgan fingerprint density at radius 2 is 2.09 bits per heavy atom. The quantitative estimate of drug-likeness (QED) is 0.806.